The predicted molar refractivity (Wildman–Crippen MR) is 143 cm³/mol. The second-order valence-corrected chi connectivity index (χ2v) is 9.55. The van der Waals surface area contributed by atoms with Gasteiger partial charge in [0.1, 0.15) is 18.2 Å². The fourth-order valence-electron chi connectivity index (χ4n) is 5.09. The van der Waals surface area contributed by atoms with Crippen molar-refractivity contribution >= 4 is 16.9 Å². The quantitative estimate of drug-likeness (QED) is 0.236. The van der Waals surface area contributed by atoms with Crippen LogP contribution < -0.4 is 10.1 Å². The highest BCUT2D eigenvalue weighted by Crippen LogP contribution is 2.24. The number of hydrogen-bond acceptors (Lipinski definition) is 3. The number of nitrogens with zero attached hydrogens (tertiary/aromatic N) is 2. The van der Waals surface area contributed by atoms with Gasteiger partial charge in [-0.1, -0.05) is 62.1 Å². The number of amides is 1. The van der Waals surface area contributed by atoms with Crippen molar-refractivity contribution < 1.29 is 9.53 Å². The Labute approximate surface area is 209 Å². The van der Waals surface area contributed by atoms with Crippen LogP contribution in [-0.4, -0.2) is 28.6 Å². The van der Waals surface area contributed by atoms with E-state index in [1.54, 1.807) is 0 Å². The molecule has 1 saturated carbocycles. The third-order valence-corrected chi connectivity index (χ3v) is 7.00. The fourth-order valence-corrected chi connectivity index (χ4v) is 5.09. The lowest BCUT2D eigenvalue weighted by atomic mass is 9.89. The number of aromatic nitrogens is 2. The lowest BCUT2D eigenvalue weighted by Gasteiger charge is -2.20. The number of allylic oxidation sites excluding steroid dienone is 1. The number of aryl methyl sites for hydroxylation is 1. The average molecular weight is 474 g/mol. The minimum atomic E-state index is 0.245. The molecule has 0 unspecified atom stereocenters. The number of nitrogens with one attached hydrogen (secondary N) is 1. The van der Waals surface area contributed by atoms with E-state index in [-0.39, 0.29) is 11.8 Å². The average Bonchev–Trinajstić information content (AvgIpc) is 3.25. The van der Waals surface area contributed by atoms with Gasteiger partial charge in [0.15, 0.2) is 0 Å². The monoisotopic (exact) mass is 473 g/mol. The van der Waals surface area contributed by atoms with E-state index < -0.39 is 0 Å². The zero-order valence-electron chi connectivity index (χ0n) is 20.9. The van der Waals surface area contributed by atoms with Crippen LogP contribution in [0.1, 0.15) is 62.8 Å². The molecule has 0 aliphatic heterocycles. The van der Waals surface area contributed by atoms with E-state index in [1.165, 1.54) is 19.3 Å². The Bertz CT molecular complexity index is 1100. The summed E-state index contributed by atoms with van der Waals surface area (Å²) in [4.78, 5) is 17.2. The number of carbonyl (C=O) groups is 1. The van der Waals surface area contributed by atoms with Crippen LogP contribution in [0.15, 0.2) is 61.2 Å². The summed E-state index contributed by atoms with van der Waals surface area (Å²) < 4.78 is 8.46. The van der Waals surface area contributed by atoms with Gasteiger partial charge in [0.25, 0.3) is 0 Å². The molecule has 1 N–H and O–H groups in total. The Kier molecular flexibility index (Phi) is 9.39. The van der Waals surface area contributed by atoms with Crippen molar-refractivity contribution in [2.75, 3.05) is 13.2 Å². The maximum absolute atomic E-state index is 12.3. The first-order valence-electron chi connectivity index (χ1n) is 13.3. The molecule has 0 bridgehead atoms. The molecule has 35 heavy (non-hydrogen) atoms. The lowest BCUT2D eigenvalue weighted by Crippen LogP contribution is -2.32. The Hall–Kier alpha value is -3.08. The zero-order chi connectivity index (χ0) is 24.3. The summed E-state index contributed by atoms with van der Waals surface area (Å²) in [6.45, 7) is 5.99. The SMILES string of the molecule is C=CCc1ccccc1OCCn1c(CCCCCNC(=O)C2CCCCC2)nc2ccccc21. The van der Waals surface area contributed by atoms with Crippen molar-refractivity contribution in [2.24, 2.45) is 5.92 Å². The molecule has 0 radical (unpaired) electrons. The smallest absolute Gasteiger partial charge is 0.223 e. The van der Waals surface area contributed by atoms with Crippen molar-refractivity contribution in [1.82, 2.24) is 14.9 Å². The van der Waals surface area contributed by atoms with E-state index in [4.69, 9.17) is 9.72 Å². The molecular weight excluding hydrogens is 434 g/mol. The molecule has 1 amide bonds. The van der Waals surface area contributed by atoms with Gasteiger partial charge in [-0.15, -0.1) is 6.58 Å². The molecule has 5 heteroatoms. The van der Waals surface area contributed by atoms with Gasteiger partial charge in [0.2, 0.25) is 5.91 Å². The summed E-state index contributed by atoms with van der Waals surface area (Å²) in [5.41, 5.74) is 3.35. The van der Waals surface area contributed by atoms with Gasteiger partial charge in [0, 0.05) is 18.9 Å². The van der Waals surface area contributed by atoms with Gasteiger partial charge in [0.05, 0.1) is 17.6 Å². The number of carbonyl (C=O) groups excluding carboxylic acids is 1. The molecule has 4 rings (SSSR count). The van der Waals surface area contributed by atoms with Gasteiger partial charge in [-0.05, 0) is 55.9 Å². The van der Waals surface area contributed by atoms with Crippen LogP contribution in [0, 0.1) is 5.92 Å². The second-order valence-electron chi connectivity index (χ2n) is 9.55. The summed E-state index contributed by atoms with van der Waals surface area (Å²) in [5, 5.41) is 3.16. The highest BCUT2D eigenvalue weighted by molar-refractivity contribution is 5.78. The third-order valence-electron chi connectivity index (χ3n) is 7.00. The molecule has 1 fully saturated rings. The summed E-state index contributed by atoms with van der Waals surface area (Å²) in [6.07, 6.45) is 12.6. The molecule has 2 aromatic carbocycles. The van der Waals surface area contributed by atoms with Gasteiger partial charge in [-0.3, -0.25) is 4.79 Å². The van der Waals surface area contributed by atoms with Gasteiger partial charge in [-0.2, -0.15) is 0 Å². The molecule has 186 valence electrons. The number of imidazole rings is 1. The molecule has 0 spiro atoms. The van der Waals surface area contributed by atoms with Crippen LogP contribution in [0.5, 0.6) is 5.75 Å². The predicted octanol–water partition coefficient (Wildman–Crippen LogP) is 6.25. The molecule has 1 aromatic heterocycles. The summed E-state index contributed by atoms with van der Waals surface area (Å²) in [7, 11) is 0. The maximum atomic E-state index is 12.3. The van der Waals surface area contributed by atoms with Crippen LogP contribution in [-0.2, 0) is 24.2 Å². The lowest BCUT2D eigenvalue weighted by molar-refractivity contribution is -0.125. The van der Waals surface area contributed by atoms with Gasteiger partial charge in [-0.25, -0.2) is 4.98 Å². The summed E-state index contributed by atoms with van der Waals surface area (Å²) in [6, 6.07) is 16.5. The van der Waals surface area contributed by atoms with Gasteiger partial charge < -0.3 is 14.6 Å². The Morgan fingerprint density at radius 3 is 2.71 bits per heavy atom. The molecule has 5 nitrogen and oxygen atoms in total. The van der Waals surface area contributed by atoms with Crippen molar-refractivity contribution in [3.63, 3.8) is 0 Å². The number of rotatable bonds is 13. The van der Waals surface area contributed by atoms with Crippen LogP contribution in [0.4, 0.5) is 0 Å². The first kappa shape index (κ1) is 25.0. The minimum absolute atomic E-state index is 0.245. The van der Waals surface area contributed by atoms with E-state index in [9.17, 15) is 4.79 Å². The van der Waals surface area contributed by atoms with Crippen molar-refractivity contribution in [2.45, 2.75) is 70.8 Å². The first-order chi connectivity index (χ1) is 17.3. The van der Waals surface area contributed by atoms with Crippen molar-refractivity contribution in [3.8, 4) is 5.75 Å². The Morgan fingerprint density at radius 1 is 1.06 bits per heavy atom. The molecule has 1 heterocycles. The van der Waals surface area contributed by atoms with E-state index in [1.807, 2.05) is 30.3 Å². The molecular formula is C30H39N3O2. The number of hydrogen-bond donors (Lipinski definition) is 1. The van der Waals surface area contributed by atoms with Crippen molar-refractivity contribution in [1.29, 1.82) is 0 Å². The normalized spacial score (nSPS) is 14.2. The van der Waals surface area contributed by atoms with Crippen molar-refractivity contribution in [3.05, 3.63) is 72.6 Å². The summed E-state index contributed by atoms with van der Waals surface area (Å²) >= 11 is 0. The fraction of sp³-hybridized carbons (Fsp3) is 0.467. The largest absolute Gasteiger partial charge is 0.491 e. The molecule has 1 aliphatic rings. The highest BCUT2D eigenvalue weighted by atomic mass is 16.5. The number of unbranched alkanes of at least 4 members (excludes halogenated alkanes) is 2. The van der Waals surface area contributed by atoms with E-state index in [0.29, 0.717) is 6.61 Å². The summed E-state index contributed by atoms with van der Waals surface area (Å²) in [5.74, 6) is 2.55. The molecule has 0 atom stereocenters. The number of benzene rings is 2. The highest BCUT2D eigenvalue weighted by Gasteiger charge is 2.20. The third kappa shape index (κ3) is 6.97. The van der Waals surface area contributed by atoms with Crippen LogP contribution in [0.2, 0.25) is 0 Å². The van der Waals surface area contributed by atoms with Crippen LogP contribution in [0.25, 0.3) is 11.0 Å². The molecule has 1 aliphatic carbocycles. The molecule has 3 aromatic rings. The van der Waals surface area contributed by atoms with Gasteiger partial charge >= 0.3 is 0 Å². The van der Waals surface area contributed by atoms with Crippen LogP contribution in [0.3, 0.4) is 0 Å². The van der Waals surface area contributed by atoms with E-state index in [2.05, 4.69) is 40.7 Å². The first-order valence-corrected chi connectivity index (χ1v) is 13.3. The van der Waals surface area contributed by atoms with Crippen LogP contribution >= 0.6 is 0 Å². The minimum Gasteiger partial charge on any atom is -0.491 e. The zero-order valence-corrected chi connectivity index (χ0v) is 20.9. The maximum Gasteiger partial charge on any atom is 0.223 e. The Balaban J connectivity index is 1.27. The topological polar surface area (TPSA) is 56.1 Å². The molecule has 0 saturated heterocycles. The number of fused-ring (bicyclic) bond motifs is 1. The number of ether oxygens (including phenoxy) is 1. The standard InChI is InChI=1S/C30H39N3O2/c1-2-13-24-14-8-11-19-28(24)35-23-22-33-27-18-10-9-17-26(27)32-29(33)20-7-4-12-21-31-30(34)25-15-5-3-6-16-25/h2,8-11,14,17-19,25H,1,3-7,12-13,15-16,20-23H2,(H,31,34). The number of para-hydroxylation sites is 3. The van der Waals surface area contributed by atoms with E-state index in [0.717, 1.165) is 86.2 Å². The second kappa shape index (κ2) is 13.1. The Morgan fingerprint density at radius 2 is 1.86 bits per heavy atom. The van der Waals surface area contributed by atoms with E-state index >= 15 is 0 Å².